The maximum Gasteiger partial charge on any atom is 0.123 e. The molecule has 64 heavy (non-hydrogen) atoms. The van der Waals surface area contributed by atoms with E-state index in [-0.39, 0.29) is 11.2 Å². The summed E-state index contributed by atoms with van der Waals surface area (Å²) in [7, 11) is 0. The number of rotatable bonds is 7. The number of fused-ring (bicyclic) bond motifs is 6. The molecule has 0 saturated heterocycles. The molecule has 0 radical (unpaired) electrons. The van der Waals surface area contributed by atoms with Gasteiger partial charge in [0, 0.05) is 38.5 Å². The van der Waals surface area contributed by atoms with Crippen molar-refractivity contribution >= 4 is 49.5 Å². The highest BCUT2D eigenvalue weighted by Gasteiger charge is 2.37. The fourth-order valence-electron chi connectivity index (χ4n) is 10.4. The molecule has 1 heterocycles. The molecule has 0 spiro atoms. The number of para-hydroxylation sites is 1. The Labute approximate surface area is 372 Å². The van der Waals surface area contributed by atoms with E-state index in [1.54, 1.807) is 12.1 Å². The number of hydrogen-bond acceptors (Lipinski definition) is 1. The van der Waals surface area contributed by atoms with Crippen molar-refractivity contribution in [2.75, 3.05) is 4.90 Å². The Morgan fingerprint density at radius 3 is 1.77 bits per heavy atom. The van der Waals surface area contributed by atoms with Gasteiger partial charge in [0.2, 0.25) is 0 Å². The van der Waals surface area contributed by atoms with Crippen molar-refractivity contribution in [3.63, 3.8) is 0 Å². The summed E-state index contributed by atoms with van der Waals surface area (Å²) in [6.45, 7) is 4.72. The zero-order valence-electron chi connectivity index (χ0n) is 35.6. The summed E-state index contributed by atoms with van der Waals surface area (Å²) in [5.41, 5.74) is 17.1. The van der Waals surface area contributed by atoms with Crippen LogP contribution < -0.4 is 4.90 Å². The largest absolute Gasteiger partial charge is 0.309 e. The Morgan fingerprint density at radius 2 is 1.02 bits per heavy atom. The number of aromatic nitrogens is 1. The highest BCUT2D eigenvalue weighted by Crippen LogP contribution is 2.54. The lowest BCUT2D eigenvalue weighted by atomic mass is 9.81. The lowest BCUT2D eigenvalue weighted by Crippen LogP contribution is -2.15. The van der Waals surface area contributed by atoms with Crippen LogP contribution >= 0.6 is 0 Å². The minimum atomic E-state index is -0.305. The standard InChI is InChI=1S/C61H43FN2/c1-61(2)54-37-43(47-35-36-57(51-27-15-14-26-49(47)51)63(45-23-10-5-11-24-45)56-28-16-22-40-17-12-13-25-48(40)56)29-34-50(54)52-38-53-58(39-55(52)61)64(46-32-30-44(62)31-33-46)60(42-20-8-4-9-21-42)59(53)41-18-6-3-7-19-41/h3-39H,1-2H3. The molecule has 0 fully saturated rings. The van der Waals surface area contributed by atoms with Crippen molar-refractivity contribution in [3.8, 4) is 50.3 Å². The topological polar surface area (TPSA) is 8.17 Å². The van der Waals surface area contributed by atoms with Gasteiger partial charge in [-0.3, -0.25) is 0 Å². The second kappa shape index (κ2) is 14.8. The number of nitrogens with zero attached hydrogens (tertiary/aromatic N) is 2. The van der Waals surface area contributed by atoms with Crippen molar-refractivity contribution < 1.29 is 4.39 Å². The molecule has 11 aromatic rings. The summed E-state index contributed by atoms with van der Waals surface area (Å²) < 4.78 is 16.9. The highest BCUT2D eigenvalue weighted by atomic mass is 19.1. The van der Waals surface area contributed by atoms with Gasteiger partial charge in [-0.05, 0) is 122 Å². The normalized spacial score (nSPS) is 12.7. The van der Waals surface area contributed by atoms with Crippen LogP contribution in [0.25, 0.3) is 82.8 Å². The molecular formula is C61H43FN2. The second-order valence-corrected chi connectivity index (χ2v) is 17.4. The van der Waals surface area contributed by atoms with E-state index in [1.807, 2.05) is 12.1 Å². The fraction of sp³-hybridized carbons (Fsp3) is 0.0492. The van der Waals surface area contributed by atoms with Gasteiger partial charge in [-0.25, -0.2) is 4.39 Å². The van der Waals surface area contributed by atoms with Gasteiger partial charge in [0.25, 0.3) is 0 Å². The molecule has 0 saturated carbocycles. The van der Waals surface area contributed by atoms with E-state index >= 15 is 0 Å². The number of anilines is 3. The van der Waals surface area contributed by atoms with E-state index in [9.17, 15) is 4.39 Å². The van der Waals surface area contributed by atoms with Crippen LogP contribution in [0, 0.1) is 5.82 Å². The van der Waals surface area contributed by atoms with E-state index in [4.69, 9.17) is 0 Å². The van der Waals surface area contributed by atoms with E-state index in [2.05, 4.69) is 224 Å². The highest BCUT2D eigenvalue weighted by molar-refractivity contribution is 6.11. The van der Waals surface area contributed by atoms with Crippen LogP contribution in [0.3, 0.4) is 0 Å². The maximum atomic E-state index is 14.5. The molecule has 0 amide bonds. The summed E-state index contributed by atoms with van der Waals surface area (Å²) in [5.74, 6) is -0.251. The molecular weight excluding hydrogens is 780 g/mol. The zero-order chi connectivity index (χ0) is 42.9. The minimum absolute atomic E-state index is 0.251. The molecule has 0 atom stereocenters. The van der Waals surface area contributed by atoms with Crippen LogP contribution in [0.15, 0.2) is 224 Å². The van der Waals surface area contributed by atoms with Gasteiger partial charge in [0.1, 0.15) is 5.82 Å². The van der Waals surface area contributed by atoms with Crippen LogP contribution in [0.1, 0.15) is 25.0 Å². The molecule has 3 heteroatoms. The first kappa shape index (κ1) is 37.7. The van der Waals surface area contributed by atoms with Gasteiger partial charge >= 0.3 is 0 Å². The third kappa shape index (κ3) is 5.92. The summed E-state index contributed by atoms with van der Waals surface area (Å²) in [4.78, 5) is 2.41. The average Bonchev–Trinajstić information content (AvgIpc) is 3.79. The third-order valence-corrected chi connectivity index (χ3v) is 13.4. The quantitative estimate of drug-likeness (QED) is 0.155. The van der Waals surface area contributed by atoms with Gasteiger partial charge in [0.15, 0.2) is 0 Å². The Balaban J connectivity index is 1.05. The smallest absolute Gasteiger partial charge is 0.123 e. The van der Waals surface area contributed by atoms with Gasteiger partial charge in [-0.2, -0.15) is 0 Å². The van der Waals surface area contributed by atoms with E-state index in [0.717, 1.165) is 56.0 Å². The van der Waals surface area contributed by atoms with Crippen LogP contribution in [0.5, 0.6) is 0 Å². The lowest BCUT2D eigenvalue weighted by molar-refractivity contribution is 0.627. The summed E-state index contributed by atoms with van der Waals surface area (Å²) in [6, 6.07) is 79.5. The SMILES string of the molecule is CC1(C)c2cc(-c3ccc(N(c4ccccc4)c4cccc5ccccc45)c4ccccc34)ccc2-c2cc3c(-c4ccccc4)c(-c4ccccc4)n(-c4ccc(F)cc4)c3cc21. The predicted octanol–water partition coefficient (Wildman–Crippen LogP) is 16.9. The Hall–Kier alpha value is -8.01. The molecule has 304 valence electrons. The average molecular weight is 823 g/mol. The molecule has 10 aromatic carbocycles. The number of halogens is 1. The maximum absolute atomic E-state index is 14.5. The van der Waals surface area contributed by atoms with E-state index in [0.29, 0.717) is 0 Å². The van der Waals surface area contributed by atoms with Crippen molar-refractivity contribution in [1.82, 2.24) is 4.57 Å². The first-order valence-corrected chi connectivity index (χ1v) is 22.0. The van der Waals surface area contributed by atoms with Crippen LogP contribution in [0.2, 0.25) is 0 Å². The van der Waals surface area contributed by atoms with Crippen molar-refractivity contribution in [3.05, 3.63) is 241 Å². The van der Waals surface area contributed by atoms with Crippen LogP contribution in [0.4, 0.5) is 21.5 Å². The Bertz CT molecular complexity index is 3560. The molecule has 12 rings (SSSR count). The zero-order valence-corrected chi connectivity index (χ0v) is 35.6. The fourth-order valence-corrected chi connectivity index (χ4v) is 10.4. The van der Waals surface area contributed by atoms with Gasteiger partial charge in [-0.15, -0.1) is 0 Å². The molecule has 1 aromatic heterocycles. The van der Waals surface area contributed by atoms with E-state index in [1.165, 1.54) is 54.9 Å². The second-order valence-electron chi connectivity index (χ2n) is 17.4. The monoisotopic (exact) mass is 822 g/mol. The van der Waals surface area contributed by atoms with E-state index < -0.39 is 0 Å². The van der Waals surface area contributed by atoms with Gasteiger partial charge in [0.05, 0.1) is 22.6 Å². The van der Waals surface area contributed by atoms with Gasteiger partial charge < -0.3 is 9.47 Å². The third-order valence-electron chi connectivity index (χ3n) is 13.4. The predicted molar refractivity (Wildman–Crippen MR) is 267 cm³/mol. The Morgan fingerprint density at radius 1 is 0.422 bits per heavy atom. The van der Waals surface area contributed by atoms with Gasteiger partial charge in [-0.1, -0.05) is 172 Å². The molecule has 0 aliphatic heterocycles. The van der Waals surface area contributed by atoms with Crippen molar-refractivity contribution in [1.29, 1.82) is 0 Å². The summed E-state index contributed by atoms with van der Waals surface area (Å²) in [6.07, 6.45) is 0. The first-order valence-electron chi connectivity index (χ1n) is 22.0. The molecule has 1 aliphatic carbocycles. The summed E-state index contributed by atoms with van der Waals surface area (Å²) in [5, 5.41) is 5.97. The van der Waals surface area contributed by atoms with Crippen molar-refractivity contribution in [2.24, 2.45) is 0 Å². The number of benzene rings is 10. The van der Waals surface area contributed by atoms with Crippen molar-refractivity contribution in [2.45, 2.75) is 19.3 Å². The molecule has 1 aliphatic rings. The summed E-state index contributed by atoms with van der Waals surface area (Å²) >= 11 is 0. The number of hydrogen-bond donors (Lipinski definition) is 0. The lowest BCUT2D eigenvalue weighted by Gasteiger charge is -2.28. The first-order chi connectivity index (χ1) is 31.4. The van der Waals surface area contributed by atoms with Crippen LogP contribution in [-0.2, 0) is 5.41 Å². The molecule has 0 N–H and O–H groups in total. The molecule has 0 unspecified atom stereocenters. The minimum Gasteiger partial charge on any atom is -0.309 e. The molecule has 2 nitrogen and oxygen atoms in total. The Kier molecular flexibility index (Phi) is 8.74. The molecule has 0 bridgehead atoms. The van der Waals surface area contributed by atoms with Crippen LogP contribution in [-0.4, -0.2) is 4.57 Å².